The summed E-state index contributed by atoms with van der Waals surface area (Å²) in [5.41, 5.74) is 2.57. The summed E-state index contributed by atoms with van der Waals surface area (Å²) in [6.07, 6.45) is 0. The van der Waals surface area contributed by atoms with Crippen LogP contribution in [-0.4, -0.2) is 33.5 Å². The van der Waals surface area contributed by atoms with E-state index in [1.165, 1.54) is 11.8 Å². The standard InChI is InChI=1S/C19H19ClN4O2S/c1-12-4-9-16(15(20)10-12)21-17(25)11-27-19-23-22-18(24(19)2)13-5-7-14(26-3)8-6-13/h4-10H,11H2,1-3H3,(H,21,25). The summed E-state index contributed by atoms with van der Waals surface area (Å²) < 4.78 is 7.03. The molecule has 0 aliphatic carbocycles. The molecule has 0 fully saturated rings. The van der Waals surface area contributed by atoms with Crippen LogP contribution in [-0.2, 0) is 11.8 Å². The second-order valence-corrected chi connectivity index (χ2v) is 7.26. The van der Waals surface area contributed by atoms with Crippen molar-refractivity contribution in [3.63, 3.8) is 0 Å². The number of anilines is 1. The number of benzene rings is 2. The molecular weight excluding hydrogens is 384 g/mol. The maximum Gasteiger partial charge on any atom is 0.234 e. The van der Waals surface area contributed by atoms with E-state index in [4.69, 9.17) is 16.3 Å². The number of nitrogens with one attached hydrogen (secondary N) is 1. The Bertz CT molecular complexity index is 957. The van der Waals surface area contributed by atoms with E-state index in [1.807, 2.05) is 54.9 Å². The first kappa shape index (κ1) is 19.3. The summed E-state index contributed by atoms with van der Waals surface area (Å²) >= 11 is 7.47. The van der Waals surface area contributed by atoms with Crippen molar-refractivity contribution in [1.82, 2.24) is 14.8 Å². The van der Waals surface area contributed by atoms with Gasteiger partial charge in [-0.2, -0.15) is 0 Å². The lowest BCUT2D eigenvalue weighted by Gasteiger charge is -2.08. The van der Waals surface area contributed by atoms with Gasteiger partial charge in [0.15, 0.2) is 11.0 Å². The van der Waals surface area contributed by atoms with Gasteiger partial charge in [-0.3, -0.25) is 4.79 Å². The lowest BCUT2D eigenvalue weighted by Crippen LogP contribution is -2.14. The first-order valence-electron chi connectivity index (χ1n) is 8.20. The van der Waals surface area contributed by atoms with Crippen molar-refractivity contribution >= 4 is 35.0 Å². The van der Waals surface area contributed by atoms with E-state index in [0.29, 0.717) is 15.9 Å². The van der Waals surface area contributed by atoms with Crippen LogP contribution >= 0.6 is 23.4 Å². The lowest BCUT2D eigenvalue weighted by atomic mass is 10.2. The second-order valence-electron chi connectivity index (χ2n) is 5.91. The van der Waals surface area contributed by atoms with Crippen molar-refractivity contribution in [3.8, 4) is 17.1 Å². The minimum Gasteiger partial charge on any atom is -0.497 e. The van der Waals surface area contributed by atoms with Gasteiger partial charge in [0.2, 0.25) is 5.91 Å². The number of amides is 1. The largest absolute Gasteiger partial charge is 0.497 e. The molecule has 27 heavy (non-hydrogen) atoms. The highest BCUT2D eigenvalue weighted by molar-refractivity contribution is 7.99. The zero-order valence-electron chi connectivity index (χ0n) is 15.2. The first-order chi connectivity index (χ1) is 13.0. The molecule has 0 saturated carbocycles. The third-order valence-electron chi connectivity index (χ3n) is 3.91. The number of aromatic nitrogens is 3. The van der Waals surface area contributed by atoms with E-state index in [9.17, 15) is 4.79 Å². The summed E-state index contributed by atoms with van der Waals surface area (Å²) in [6, 6.07) is 13.1. The Morgan fingerprint density at radius 2 is 1.96 bits per heavy atom. The van der Waals surface area contributed by atoms with Crippen molar-refractivity contribution < 1.29 is 9.53 Å². The molecule has 0 bridgehead atoms. The summed E-state index contributed by atoms with van der Waals surface area (Å²) in [5, 5.41) is 12.4. The van der Waals surface area contributed by atoms with E-state index in [1.54, 1.807) is 13.2 Å². The number of halogens is 1. The van der Waals surface area contributed by atoms with E-state index < -0.39 is 0 Å². The van der Waals surface area contributed by atoms with E-state index >= 15 is 0 Å². The predicted molar refractivity (Wildman–Crippen MR) is 109 cm³/mol. The molecule has 1 aromatic heterocycles. The molecule has 1 N–H and O–H groups in total. The van der Waals surface area contributed by atoms with Crippen molar-refractivity contribution in [3.05, 3.63) is 53.1 Å². The van der Waals surface area contributed by atoms with Crippen LogP contribution in [0.4, 0.5) is 5.69 Å². The number of hydrogen-bond donors (Lipinski definition) is 1. The molecule has 1 amide bonds. The fraction of sp³-hybridized carbons (Fsp3) is 0.211. The Labute approximate surface area is 166 Å². The Balaban J connectivity index is 1.64. The monoisotopic (exact) mass is 402 g/mol. The summed E-state index contributed by atoms with van der Waals surface area (Å²) in [7, 11) is 3.50. The highest BCUT2D eigenvalue weighted by Crippen LogP contribution is 2.26. The van der Waals surface area contributed by atoms with E-state index in [-0.39, 0.29) is 11.7 Å². The van der Waals surface area contributed by atoms with Crippen LogP contribution in [0.3, 0.4) is 0 Å². The van der Waals surface area contributed by atoms with Crippen LogP contribution in [0, 0.1) is 6.92 Å². The minimum atomic E-state index is -0.153. The van der Waals surface area contributed by atoms with E-state index in [0.717, 1.165) is 22.7 Å². The summed E-state index contributed by atoms with van der Waals surface area (Å²) in [4.78, 5) is 12.2. The minimum absolute atomic E-state index is 0.153. The van der Waals surface area contributed by atoms with Gasteiger partial charge in [-0.25, -0.2) is 0 Å². The number of nitrogens with zero attached hydrogens (tertiary/aromatic N) is 3. The maximum atomic E-state index is 12.2. The number of carbonyl (C=O) groups excluding carboxylic acids is 1. The number of ether oxygens (including phenoxy) is 1. The van der Waals surface area contributed by atoms with Crippen molar-refractivity contribution in [2.75, 3.05) is 18.2 Å². The van der Waals surface area contributed by atoms with Gasteiger partial charge in [-0.15, -0.1) is 10.2 Å². The van der Waals surface area contributed by atoms with Crippen LogP contribution in [0.5, 0.6) is 5.75 Å². The highest BCUT2D eigenvalue weighted by Gasteiger charge is 2.14. The Morgan fingerprint density at radius 3 is 2.63 bits per heavy atom. The average Bonchev–Trinajstić information content (AvgIpc) is 3.03. The Hall–Kier alpha value is -2.51. The fourth-order valence-corrected chi connectivity index (χ4v) is 3.46. The molecule has 0 unspecified atom stereocenters. The molecule has 0 aliphatic rings. The molecule has 2 aromatic carbocycles. The van der Waals surface area contributed by atoms with Gasteiger partial charge in [-0.05, 0) is 48.9 Å². The molecule has 0 atom stereocenters. The molecule has 0 spiro atoms. The molecule has 1 heterocycles. The molecule has 3 aromatic rings. The average molecular weight is 403 g/mol. The second kappa shape index (κ2) is 8.45. The highest BCUT2D eigenvalue weighted by atomic mass is 35.5. The Morgan fingerprint density at radius 1 is 1.22 bits per heavy atom. The third-order valence-corrected chi connectivity index (χ3v) is 5.25. The smallest absolute Gasteiger partial charge is 0.234 e. The summed E-state index contributed by atoms with van der Waals surface area (Å²) in [6.45, 7) is 1.95. The molecule has 8 heteroatoms. The van der Waals surface area contributed by atoms with Crippen molar-refractivity contribution in [1.29, 1.82) is 0 Å². The number of thioether (sulfide) groups is 1. The fourth-order valence-electron chi connectivity index (χ4n) is 2.47. The zero-order valence-corrected chi connectivity index (χ0v) is 16.8. The van der Waals surface area contributed by atoms with Crippen LogP contribution in [0.15, 0.2) is 47.6 Å². The molecule has 0 aliphatic heterocycles. The number of rotatable bonds is 6. The number of methoxy groups -OCH3 is 1. The Kier molecular flexibility index (Phi) is 6.03. The topological polar surface area (TPSA) is 69.0 Å². The van der Waals surface area contributed by atoms with Crippen LogP contribution in [0.25, 0.3) is 11.4 Å². The molecular formula is C19H19ClN4O2S. The van der Waals surface area contributed by atoms with Gasteiger partial charge in [0.1, 0.15) is 5.75 Å². The predicted octanol–water partition coefficient (Wildman–Crippen LogP) is 4.18. The van der Waals surface area contributed by atoms with Crippen molar-refractivity contribution in [2.45, 2.75) is 12.1 Å². The SMILES string of the molecule is COc1ccc(-c2nnc(SCC(=O)Nc3ccc(C)cc3Cl)n2C)cc1. The van der Waals surface area contributed by atoms with Crippen molar-refractivity contribution in [2.24, 2.45) is 7.05 Å². The van der Waals surface area contributed by atoms with Gasteiger partial charge in [0.05, 0.1) is 23.6 Å². The van der Waals surface area contributed by atoms with Crippen LogP contribution in [0.2, 0.25) is 5.02 Å². The number of carbonyl (C=O) groups is 1. The molecule has 0 saturated heterocycles. The number of hydrogen-bond acceptors (Lipinski definition) is 5. The van der Waals surface area contributed by atoms with Gasteiger partial charge in [-0.1, -0.05) is 29.4 Å². The maximum absolute atomic E-state index is 12.2. The van der Waals surface area contributed by atoms with Crippen LogP contribution < -0.4 is 10.1 Å². The van der Waals surface area contributed by atoms with Crippen LogP contribution in [0.1, 0.15) is 5.56 Å². The third kappa shape index (κ3) is 4.61. The number of aryl methyl sites for hydroxylation is 1. The normalized spacial score (nSPS) is 10.7. The first-order valence-corrected chi connectivity index (χ1v) is 9.57. The summed E-state index contributed by atoms with van der Waals surface area (Å²) in [5.74, 6) is 1.56. The van der Waals surface area contributed by atoms with Gasteiger partial charge < -0.3 is 14.6 Å². The molecule has 3 rings (SSSR count). The molecule has 6 nitrogen and oxygen atoms in total. The zero-order chi connectivity index (χ0) is 19.4. The van der Waals surface area contributed by atoms with Gasteiger partial charge in [0, 0.05) is 12.6 Å². The quantitative estimate of drug-likeness (QED) is 0.626. The van der Waals surface area contributed by atoms with Gasteiger partial charge in [0.25, 0.3) is 0 Å². The van der Waals surface area contributed by atoms with Gasteiger partial charge >= 0.3 is 0 Å². The lowest BCUT2D eigenvalue weighted by molar-refractivity contribution is -0.113. The molecule has 0 radical (unpaired) electrons. The van der Waals surface area contributed by atoms with E-state index in [2.05, 4.69) is 15.5 Å². The molecule has 140 valence electrons.